The Morgan fingerprint density at radius 3 is 2.86 bits per heavy atom. The van der Waals surface area contributed by atoms with Gasteiger partial charge in [-0.25, -0.2) is 0 Å². The third kappa shape index (κ3) is 2.90. The molecular formula is C9H15NO3S. The number of carbonyl (C=O) groups is 2. The van der Waals surface area contributed by atoms with E-state index in [1.165, 1.54) is 0 Å². The van der Waals surface area contributed by atoms with Crippen LogP contribution in [0.25, 0.3) is 0 Å². The van der Waals surface area contributed by atoms with E-state index in [2.05, 4.69) is 0 Å². The van der Waals surface area contributed by atoms with Gasteiger partial charge in [-0.15, -0.1) is 0 Å². The smallest absolute Gasteiger partial charge is 0.230 e. The Morgan fingerprint density at radius 1 is 1.64 bits per heavy atom. The second-order valence-corrected chi connectivity index (χ2v) is 5.44. The van der Waals surface area contributed by atoms with E-state index in [4.69, 9.17) is 5.73 Å². The largest absolute Gasteiger partial charge is 0.369 e. The first-order chi connectivity index (χ1) is 6.50. The molecule has 1 aliphatic rings. The molecule has 2 N–H and O–H groups in total. The number of ketones is 1. The second kappa shape index (κ2) is 4.68. The van der Waals surface area contributed by atoms with E-state index in [0.717, 1.165) is 6.42 Å². The summed E-state index contributed by atoms with van der Waals surface area (Å²) in [7, 11) is -1.28. The minimum absolute atomic E-state index is 0.123. The highest BCUT2D eigenvalue weighted by atomic mass is 32.2. The van der Waals surface area contributed by atoms with Crippen molar-refractivity contribution in [1.29, 1.82) is 0 Å². The molecular weight excluding hydrogens is 202 g/mol. The number of nitrogens with two attached hydrogens (primary N) is 1. The van der Waals surface area contributed by atoms with Crippen molar-refractivity contribution >= 4 is 22.5 Å². The predicted molar refractivity (Wildman–Crippen MR) is 54.0 cm³/mol. The van der Waals surface area contributed by atoms with Crippen LogP contribution in [0.3, 0.4) is 0 Å². The first-order valence-corrected chi connectivity index (χ1v) is 6.06. The maximum atomic E-state index is 11.6. The average molecular weight is 217 g/mol. The molecule has 1 fully saturated rings. The maximum Gasteiger partial charge on any atom is 0.230 e. The summed E-state index contributed by atoms with van der Waals surface area (Å²) < 4.78 is 11.6. The minimum atomic E-state index is -1.28. The molecule has 0 saturated heterocycles. The third-order valence-electron chi connectivity index (χ3n) is 2.56. The van der Waals surface area contributed by atoms with Gasteiger partial charge >= 0.3 is 0 Å². The van der Waals surface area contributed by atoms with E-state index in [0.29, 0.717) is 12.8 Å². The van der Waals surface area contributed by atoms with Crippen LogP contribution in [0.1, 0.15) is 26.2 Å². The van der Waals surface area contributed by atoms with Crippen LogP contribution in [0.2, 0.25) is 0 Å². The van der Waals surface area contributed by atoms with Crippen LogP contribution in [0.4, 0.5) is 0 Å². The highest BCUT2D eigenvalue weighted by Gasteiger charge is 2.31. The maximum absolute atomic E-state index is 11.6. The molecule has 80 valence electrons. The Morgan fingerprint density at radius 2 is 2.29 bits per heavy atom. The van der Waals surface area contributed by atoms with Crippen molar-refractivity contribution in [3.63, 3.8) is 0 Å². The number of Topliss-reactive ketones (excluding diaryl/α,β-unsaturated/α-hetero) is 1. The lowest BCUT2D eigenvalue weighted by Gasteiger charge is -2.26. The molecule has 0 aromatic heterocycles. The standard InChI is InChI=1S/C9H15NO3S/c1-6-2-3-7(11)4-8(6)14(13)5-9(10)12/h6,8H,2-5H2,1H3,(H2,10,12). The number of rotatable bonds is 3. The van der Waals surface area contributed by atoms with Gasteiger partial charge in [0.15, 0.2) is 0 Å². The summed E-state index contributed by atoms with van der Waals surface area (Å²) in [4.78, 5) is 21.7. The lowest BCUT2D eigenvalue weighted by molar-refractivity contribution is -0.121. The summed E-state index contributed by atoms with van der Waals surface area (Å²) in [6.45, 7) is 1.97. The molecule has 1 rings (SSSR count). The summed E-state index contributed by atoms with van der Waals surface area (Å²) in [5.74, 6) is -0.296. The van der Waals surface area contributed by atoms with Gasteiger partial charge in [-0.2, -0.15) is 0 Å². The molecule has 0 aliphatic heterocycles. The van der Waals surface area contributed by atoms with E-state index in [-0.39, 0.29) is 22.7 Å². The van der Waals surface area contributed by atoms with E-state index >= 15 is 0 Å². The molecule has 5 heteroatoms. The highest BCUT2D eigenvalue weighted by molar-refractivity contribution is 7.86. The zero-order chi connectivity index (χ0) is 10.7. The molecule has 0 bridgehead atoms. The molecule has 1 saturated carbocycles. The normalized spacial score (nSPS) is 29.9. The summed E-state index contributed by atoms with van der Waals surface area (Å²) in [6.07, 6.45) is 1.68. The Balaban J connectivity index is 2.60. The summed E-state index contributed by atoms with van der Waals surface area (Å²) in [5.41, 5.74) is 4.96. The minimum Gasteiger partial charge on any atom is -0.369 e. The van der Waals surface area contributed by atoms with Crippen LogP contribution >= 0.6 is 0 Å². The van der Waals surface area contributed by atoms with Crippen molar-refractivity contribution in [2.24, 2.45) is 11.7 Å². The van der Waals surface area contributed by atoms with Gasteiger partial charge in [-0.3, -0.25) is 13.8 Å². The first kappa shape index (κ1) is 11.4. The van der Waals surface area contributed by atoms with Gasteiger partial charge in [-0.1, -0.05) is 6.92 Å². The molecule has 3 unspecified atom stereocenters. The quantitative estimate of drug-likeness (QED) is 0.721. The summed E-state index contributed by atoms with van der Waals surface area (Å²) in [5, 5.41) is -0.177. The zero-order valence-electron chi connectivity index (χ0n) is 8.19. The molecule has 0 heterocycles. The SMILES string of the molecule is CC1CCC(=O)CC1S(=O)CC(N)=O. The fourth-order valence-electron chi connectivity index (χ4n) is 1.70. The molecule has 4 nitrogen and oxygen atoms in total. The van der Waals surface area contributed by atoms with Gasteiger partial charge in [0.1, 0.15) is 11.5 Å². The summed E-state index contributed by atoms with van der Waals surface area (Å²) >= 11 is 0. The number of hydrogen-bond donors (Lipinski definition) is 1. The number of carbonyl (C=O) groups excluding carboxylic acids is 2. The van der Waals surface area contributed by atoms with Crippen molar-refractivity contribution in [1.82, 2.24) is 0 Å². The van der Waals surface area contributed by atoms with Crippen LogP contribution in [-0.4, -0.2) is 26.9 Å². The van der Waals surface area contributed by atoms with Crippen LogP contribution in [-0.2, 0) is 20.4 Å². The molecule has 0 aromatic rings. The Kier molecular flexibility index (Phi) is 3.80. The molecule has 3 atom stereocenters. The number of hydrogen-bond acceptors (Lipinski definition) is 3. The molecule has 1 aliphatic carbocycles. The second-order valence-electron chi connectivity index (χ2n) is 3.79. The topological polar surface area (TPSA) is 77.2 Å². The van der Waals surface area contributed by atoms with E-state index in [1.54, 1.807) is 0 Å². The van der Waals surface area contributed by atoms with Gasteiger partial charge in [0, 0.05) is 28.9 Å². The molecule has 0 aromatic carbocycles. The van der Waals surface area contributed by atoms with Gasteiger partial charge in [0.25, 0.3) is 0 Å². The summed E-state index contributed by atoms with van der Waals surface area (Å²) in [6, 6.07) is 0. The monoisotopic (exact) mass is 217 g/mol. The molecule has 0 radical (unpaired) electrons. The van der Waals surface area contributed by atoms with Gasteiger partial charge < -0.3 is 5.73 Å². The van der Waals surface area contributed by atoms with Gasteiger partial charge in [0.05, 0.1) is 0 Å². The van der Waals surface area contributed by atoms with Crippen molar-refractivity contribution in [3.05, 3.63) is 0 Å². The highest BCUT2D eigenvalue weighted by Crippen LogP contribution is 2.25. The average Bonchev–Trinajstić information content (AvgIpc) is 2.08. The van der Waals surface area contributed by atoms with E-state index in [1.807, 2.05) is 6.92 Å². The van der Waals surface area contributed by atoms with Crippen molar-refractivity contribution < 1.29 is 13.8 Å². The first-order valence-electron chi connectivity index (χ1n) is 4.68. The van der Waals surface area contributed by atoms with E-state index < -0.39 is 16.7 Å². The zero-order valence-corrected chi connectivity index (χ0v) is 9.01. The Bertz CT molecular complexity index is 277. The number of primary amides is 1. The van der Waals surface area contributed by atoms with Crippen LogP contribution in [0.5, 0.6) is 0 Å². The van der Waals surface area contributed by atoms with Crippen LogP contribution in [0, 0.1) is 5.92 Å². The molecule has 14 heavy (non-hydrogen) atoms. The Hall–Kier alpha value is -0.710. The fraction of sp³-hybridized carbons (Fsp3) is 0.778. The molecule has 0 spiro atoms. The lowest BCUT2D eigenvalue weighted by Crippen LogP contribution is -2.35. The molecule has 1 amide bonds. The van der Waals surface area contributed by atoms with Crippen LogP contribution in [0.15, 0.2) is 0 Å². The Labute approximate surface area is 85.7 Å². The third-order valence-corrected chi connectivity index (χ3v) is 4.44. The van der Waals surface area contributed by atoms with Gasteiger partial charge in [0.2, 0.25) is 5.91 Å². The predicted octanol–water partition coefficient (Wildman–Crippen LogP) is -0.0219. The van der Waals surface area contributed by atoms with Crippen molar-refractivity contribution in [2.75, 3.05) is 5.75 Å². The van der Waals surface area contributed by atoms with E-state index in [9.17, 15) is 13.8 Å². The lowest BCUT2D eigenvalue weighted by atomic mass is 9.89. The van der Waals surface area contributed by atoms with Crippen LogP contribution < -0.4 is 5.73 Å². The number of amides is 1. The van der Waals surface area contributed by atoms with Gasteiger partial charge in [-0.05, 0) is 12.3 Å². The van der Waals surface area contributed by atoms with Crippen molar-refractivity contribution in [2.45, 2.75) is 31.4 Å². The fourth-order valence-corrected chi connectivity index (χ4v) is 3.22. The van der Waals surface area contributed by atoms with Crippen molar-refractivity contribution in [3.8, 4) is 0 Å².